The lowest BCUT2D eigenvalue weighted by Gasteiger charge is -2.05. The van der Waals surface area contributed by atoms with Gasteiger partial charge in [0.1, 0.15) is 5.82 Å². The summed E-state index contributed by atoms with van der Waals surface area (Å²) < 4.78 is 0. The van der Waals surface area contributed by atoms with E-state index in [-0.39, 0.29) is 5.91 Å². The average Bonchev–Trinajstić information content (AvgIpc) is 3.29. The van der Waals surface area contributed by atoms with Crippen molar-refractivity contribution in [3.8, 4) is 11.1 Å². The fourth-order valence-electron chi connectivity index (χ4n) is 3.18. The monoisotopic (exact) mass is 353 g/mol. The number of aromatic amines is 1. The van der Waals surface area contributed by atoms with Crippen molar-refractivity contribution in [3.63, 3.8) is 0 Å². The molecule has 2 aromatic carbocycles. The highest BCUT2D eigenvalue weighted by Crippen LogP contribution is 2.33. The van der Waals surface area contributed by atoms with E-state index in [9.17, 15) is 4.79 Å². The average molecular weight is 353 g/mol. The van der Waals surface area contributed by atoms with Gasteiger partial charge in [0, 0.05) is 34.6 Å². The molecule has 3 heterocycles. The Labute approximate surface area is 155 Å². The molecule has 0 atom stereocenters. The van der Waals surface area contributed by atoms with Crippen LogP contribution < -0.4 is 10.6 Å². The molecule has 1 aliphatic rings. The third-order valence-electron chi connectivity index (χ3n) is 4.59. The molecule has 0 saturated carbocycles. The first kappa shape index (κ1) is 15.3. The van der Waals surface area contributed by atoms with Gasteiger partial charge >= 0.3 is 0 Å². The minimum Gasteiger partial charge on any atom is -0.361 e. The molecular formula is C21H15N5O. The summed E-state index contributed by atoms with van der Waals surface area (Å²) in [4.78, 5) is 16.8. The number of fused-ring (bicyclic) bond motifs is 2. The van der Waals surface area contributed by atoms with E-state index in [1.807, 2.05) is 54.6 Å². The van der Waals surface area contributed by atoms with Gasteiger partial charge in [0.05, 0.1) is 17.3 Å². The summed E-state index contributed by atoms with van der Waals surface area (Å²) in [5.74, 6) is 0.412. The lowest BCUT2D eigenvalue weighted by atomic mass is 10.0. The first-order chi connectivity index (χ1) is 13.3. The molecule has 5 rings (SSSR count). The zero-order valence-corrected chi connectivity index (χ0v) is 14.2. The van der Waals surface area contributed by atoms with Crippen molar-refractivity contribution in [1.82, 2.24) is 15.2 Å². The molecule has 0 spiro atoms. The van der Waals surface area contributed by atoms with Crippen LogP contribution in [0.2, 0.25) is 0 Å². The highest BCUT2D eigenvalue weighted by Gasteiger charge is 2.25. The number of nitrogens with one attached hydrogen (secondary N) is 3. The Morgan fingerprint density at radius 3 is 2.74 bits per heavy atom. The molecule has 0 saturated heterocycles. The van der Waals surface area contributed by atoms with Crippen molar-refractivity contribution in [1.29, 1.82) is 0 Å². The van der Waals surface area contributed by atoms with Crippen molar-refractivity contribution in [2.75, 3.05) is 10.6 Å². The number of H-pyrrole nitrogens is 1. The van der Waals surface area contributed by atoms with Crippen molar-refractivity contribution < 1.29 is 4.79 Å². The lowest BCUT2D eigenvalue weighted by molar-refractivity contribution is -0.110. The van der Waals surface area contributed by atoms with Crippen molar-refractivity contribution in [3.05, 3.63) is 78.8 Å². The molecule has 1 amide bonds. The van der Waals surface area contributed by atoms with Crippen LogP contribution in [0.3, 0.4) is 0 Å². The molecule has 27 heavy (non-hydrogen) atoms. The summed E-state index contributed by atoms with van der Waals surface area (Å²) in [5.41, 5.74) is 5.17. The predicted molar refractivity (Wildman–Crippen MR) is 106 cm³/mol. The normalized spacial score (nSPS) is 14.4. The summed E-state index contributed by atoms with van der Waals surface area (Å²) in [6.07, 6.45) is 5.27. The molecular weight excluding hydrogens is 338 g/mol. The van der Waals surface area contributed by atoms with E-state index < -0.39 is 0 Å². The number of hydrogen-bond donors (Lipinski definition) is 3. The Morgan fingerprint density at radius 1 is 0.963 bits per heavy atom. The largest absolute Gasteiger partial charge is 0.361 e. The number of aromatic nitrogens is 3. The minimum atomic E-state index is -0.169. The Morgan fingerprint density at radius 2 is 1.85 bits per heavy atom. The van der Waals surface area contributed by atoms with Gasteiger partial charge in [0.15, 0.2) is 0 Å². The second kappa shape index (κ2) is 6.10. The number of hydrogen-bond acceptors (Lipinski definition) is 4. The Bertz CT molecular complexity index is 1190. The van der Waals surface area contributed by atoms with Gasteiger partial charge in [0.2, 0.25) is 0 Å². The zero-order chi connectivity index (χ0) is 18.2. The topological polar surface area (TPSA) is 82.7 Å². The second-order valence-electron chi connectivity index (χ2n) is 6.31. The van der Waals surface area contributed by atoms with Gasteiger partial charge in [0.25, 0.3) is 5.91 Å². The molecule has 2 aromatic heterocycles. The zero-order valence-electron chi connectivity index (χ0n) is 14.2. The van der Waals surface area contributed by atoms with Gasteiger partial charge in [-0.3, -0.25) is 9.89 Å². The van der Waals surface area contributed by atoms with Crippen molar-refractivity contribution >= 4 is 33.9 Å². The summed E-state index contributed by atoms with van der Waals surface area (Å²) in [7, 11) is 0. The number of rotatable bonds is 3. The first-order valence-electron chi connectivity index (χ1n) is 8.55. The van der Waals surface area contributed by atoms with E-state index in [1.165, 1.54) is 0 Å². The number of anilines is 2. The lowest BCUT2D eigenvalue weighted by Crippen LogP contribution is -2.05. The van der Waals surface area contributed by atoms with Gasteiger partial charge in [-0.05, 0) is 29.8 Å². The van der Waals surface area contributed by atoms with Crippen LogP contribution in [-0.2, 0) is 4.79 Å². The number of pyridine rings is 1. The third-order valence-corrected chi connectivity index (χ3v) is 4.59. The molecule has 130 valence electrons. The van der Waals surface area contributed by atoms with E-state index >= 15 is 0 Å². The molecule has 6 heteroatoms. The van der Waals surface area contributed by atoms with E-state index in [4.69, 9.17) is 0 Å². The molecule has 3 N–H and O–H groups in total. The maximum Gasteiger partial charge on any atom is 0.259 e. The van der Waals surface area contributed by atoms with E-state index in [2.05, 4.69) is 25.8 Å². The van der Waals surface area contributed by atoms with Gasteiger partial charge in [-0.15, -0.1) is 0 Å². The molecule has 0 unspecified atom stereocenters. The van der Waals surface area contributed by atoms with E-state index in [0.29, 0.717) is 11.4 Å². The van der Waals surface area contributed by atoms with Crippen LogP contribution in [0.25, 0.3) is 27.6 Å². The van der Waals surface area contributed by atoms with E-state index in [1.54, 1.807) is 18.6 Å². The smallest absolute Gasteiger partial charge is 0.259 e. The molecule has 0 radical (unpaired) electrons. The molecule has 6 nitrogen and oxygen atoms in total. The summed E-state index contributed by atoms with van der Waals surface area (Å²) in [6.45, 7) is 0. The Balaban J connectivity index is 1.50. The van der Waals surface area contributed by atoms with Crippen LogP contribution in [0.4, 0.5) is 11.5 Å². The van der Waals surface area contributed by atoms with Crippen LogP contribution in [0.1, 0.15) is 5.56 Å². The Kier molecular flexibility index (Phi) is 3.47. The fourth-order valence-corrected chi connectivity index (χ4v) is 3.18. The third kappa shape index (κ3) is 2.73. The molecule has 0 fully saturated rings. The van der Waals surface area contributed by atoms with Gasteiger partial charge in [-0.2, -0.15) is 5.10 Å². The maximum atomic E-state index is 12.4. The van der Waals surface area contributed by atoms with Crippen LogP contribution in [-0.4, -0.2) is 21.1 Å². The maximum absolute atomic E-state index is 12.4. The standard InChI is InChI=1S/C21H15N5O/c27-21-18(12-22-16-7-6-14-11-24-26-19(14)9-16)17-8-15(10-23-20(17)25-21)13-4-2-1-3-5-13/h1-12,22H,(H,24,26)(H,23,25,27). The number of carbonyl (C=O) groups is 1. The highest BCUT2D eigenvalue weighted by atomic mass is 16.2. The van der Waals surface area contributed by atoms with Gasteiger partial charge < -0.3 is 10.6 Å². The quantitative estimate of drug-likeness (QED) is 0.486. The van der Waals surface area contributed by atoms with E-state index in [0.717, 1.165) is 33.3 Å². The van der Waals surface area contributed by atoms with Gasteiger partial charge in [-0.25, -0.2) is 4.98 Å². The van der Waals surface area contributed by atoms with Crippen LogP contribution in [0.15, 0.2) is 73.2 Å². The summed E-state index contributed by atoms with van der Waals surface area (Å²) >= 11 is 0. The van der Waals surface area contributed by atoms with Crippen molar-refractivity contribution in [2.24, 2.45) is 0 Å². The number of nitrogens with zero attached hydrogens (tertiary/aromatic N) is 2. The van der Waals surface area contributed by atoms with Crippen LogP contribution >= 0.6 is 0 Å². The fraction of sp³-hybridized carbons (Fsp3) is 0. The van der Waals surface area contributed by atoms with Crippen LogP contribution in [0, 0.1) is 0 Å². The van der Waals surface area contributed by atoms with Crippen LogP contribution in [0.5, 0.6) is 0 Å². The summed E-state index contributed by atoms with van der Waals surface area (Å²) in [6, 6.07) is 17.8. The Hall–Kier alpha value is -3.93. The number of amides is 1. The number of benzene rings is 2. The molecule has 0 bridgehead atoms. The predicted octanol–water partition coefficient (Wildman–Crippen LogP) is 4.03. The molecule has 4 aromatic rings. The van der Waals surface area contributed by atoms with Crippen molar-refractivity contribution in [2.45, 2.75) is 0 Å². The molecule has 1 aliphatic heterocycles. The highest BCUT2D eigenvalue weighted by molar-refractivity contribution is 6.31. The van der Waals surface area contributed by atoms with Gasteiger partial charge in [-0.1, -0.05) is 30.3 Å². The summed E-state index contributed by atoms with van der Waals surface area (Å²) in [5, 5.41) is 14.0. The minimum absolute atomic E-state index is 0.169. The second-order valence-corrected chi connectivity index (χ2v) is 6.31. The molecule has 0 aliphatic carbocycles. The first-order valence-corrected chi connectivity index (χ1v) is 8.55. The SMILES string of the molecule is O=C1Nc2ncc(-c3ccccc3)cc2C1=CNc1ccc2cn[nH]c2c1. The number of carbonyl (C=O) groups excluding carboxylic acids is 1.